The van der Waals surface area contributed by atoms with Crippen LogP contribution in [-0.4, -0.2) is 25.1 Å². The molecule has 9 heteroatoms. The molecule has 0 bridgehead atoms. The van der Waals surface area contributed by atoms with E-state index < -0.39 is 11.7 Å². The number of hydrogen-bond acceptors (Lipinski definition) is 5. The van der Waals surface area contributed by atoms with Crippen molar-refractivity contribution in [3.8, 4) is 0 Å². The van der Waals surface area contributed by atoms with Gasteiger partial charge in [-0.1, -0.05) is 17.4 Å². The lowest BCUT2D eigenvalue weighted by atomic mass is 10.2. The van der Waals surface area contributed by atoms with Crippen molar-refractivity contribution < 1.29 is 9.18 Å². The number of rotatable bonds is 3. The second-order valence-corrected chi connectivity index (χ2v) is 7.53. The fourth-order valence-corrected chi connectivity index (χ4v) is 3.75. The van der Waals surface area contributed by atoms with Gasteiger partial charge in [-0.05, 0) is 44.5 Å². The van der Waals surface area contributed by atoms with E-state index in [1.165, 1.54) is 28.0 Å². The lowest BCUT2D eigenvalue weighted by molar-refractivity contribution is -0.116. The lowest BCUT2D eigenvalue weighted by Gasteiger charge is -2.10. The minimum absolute atomic E-state index is 0.104. The summed E-state index contributed by atoms with van der Waals surface area (Å²) in [7, 11) is 0. The predicted molar refractivity (Wildman–Crippen MR) is 102 cm³/mol. The summed E-state index contributed by atoms with van der Waals surface area (Å²) in [5.41, 5.74) is 2.06. The van der Waals surface area contributed by atoms with E-state index in [1.54, 1.807) is 37.5 Å². The van der Waals surface area contributed by atoms with Crippen molar-refractivity contribution in [1.82, 2.24) is 19.2 Å². The first-order valence-electron chi connectivity index (χ1n) is 8.26. The largest absolute Gasteiger partial charge is 0.330 e. The van der Waals surface area contributed by atoms with E-state index in [0.717, 1.165) is 10.6 Å². The maximum absolute atomic E-state index is 14.0. The van der Waals surface area contributed by atoms with Crippen LogP contribution >= 0.6 is 11.3 Å². The van der Waals surface area contributed by atoms with Gasteiger partial charge in [-0.15, -0.1) is 0 Å². The Balaban J connectivity index is 1.72. The van der Waals surface area contributed by atoms with Gasteiger partial charge in [0.25, 0.3) is 5.56 Å². The third-order valence-electron chi connectivity index (χ3n) is 4.26. The average molecular weight is 385 g/mol. The summed E-state index contributed by atoms with van der Waals surface area (Å²) < 4.78 is 16.8. The van der Waals surface area contributed by atoms with Gasteiger partial charge in [-0.25, -0.2) is 9.37 Å². The molecule has 0 radical (unpaired) electrons. The van der Waals surface area contributed by atoms with Crippen LogP contribution in [0.5, 0.6) is 0 Å². The van der Waals surface area contributed by atoms with Crippen LogP contribution in [0.25, 0.3) is 16.0 Å². The molecular weight excluding hydrogens is 369 g/mol. The summed E-state index contributed by atoms with van der Waals surface area (Å²) in [6.45, 7) is 5.23. The molecular formula is C18H16FN5O2S. The quantitative estimate of drug-likeness (QED) is 0.588. The molecule has 0 saturated heterocycles. The van der Waals surface area contributed by atoms with E-state index in [-0.39, 0.29) is 17.8 Å². The summed E-state index contributed by atoms with van der Waals surface area (Å²) in [6, 6.07) is 6.34. The van der Waals surface area contributed by atoms with Crippen LogP contribution in [0.1, 0.15) is 16.3 Å². The van der Waals surface area contributed by atoms with Crippen molar-refractivity contribution >= 4 is 38.9 Å². The van der Waals surface area contributed by atoms with Gasteiger partial charge in [0.2, 0.25) is 10.9 Å². The van der Waals surface area contributed by atoms with Crippen LogP contribution in [0.15, 0.2) is 29.1 Å². The molecule has 138 valence electrons. The molecule has 4 rings (SSSR count). The molecule has 1 N–H and O–H groups in total. The molecule has 3 heterocycles. The number of halogens is 1. The topological polar surface area (TPSA) is 81.3 Å². The maximum Gasteiger partial charge on any atom is 0.299 e. The molecule has 4 aromatic rings. The van der Waals surface area contributed by atoms with Gasteiger partial charge in [0.1, 0.15) is 22.9 Å². The minimum atomic E-state index is -0.501. The highest BCUT2D eigenvalue weighted by Crippen LogP contribution is 2.19. The Kier molecular flexibility index (Phi) is 4.03. The first-order chi connectivity index (χ1) is 12.8. The van der Waals surface area contributed by atoms with Crippen molar-refractivity contribution in [3.05, 3.63) is 56.7 Å². The summed E-state index contributed by atoms with van der Waals surface area (Å²) in [5.74, 6) is -0.934. The Hall–Kier alpha value is -3.07. The van der Waals surface area contributed by atoms with Gasteiger partial charge in [-0.2, -0.15) is 9.61 Å². The molecule has 1 amide bonds. The molecule has 3 aromatic heterocycles. The van der Waals surface area contributed by atoms with E-state index in [0.29, 0.717) is 21.7 Å². The number of nitrogens with one attached hydrogen (secondary N) is 1. The molecule has 0 spiro atoms. The SMILES string of the molecule is Cc1ccc(NC(=O)Cn2c(C)cc3nc4sc(C)nn4c(=O)c32)c(F)c1. The molecule has 0 unspecified atom stereocenters. The van der Waals surface area contributed by atoms with Crippen LogP contribution in [-0.2, 0) is 11.3 Å². The maximum atomic E-state index is 14.0. The molecule has 0 aliphatic rings. The normalized spacial score (nSPS) is 11.4. The first-order valence-corrected chi connectivity index (χ1v) is 9.07. The van der Waals surface area contributed by atoms with Crippen molar-refractivity contribution in [1.29, 1.82) is 0 Å². The number of fused-ring (bicyclic) bond motifs is 2. The fraction of sp³-hybridized carbons (Fsp3) is 0.222. The predicted octanol–water partition coefficient (Wildman–Crippen LogP) is 2.81. The van der Waals surface area contributed by atoms with Gasteiger partial charge in [0.05, 0.1) is 11.2 Å². The monoisotopic (exact) mass is 385 g/mol. The smallest absolute Gasteiger partial charge is 0.299 e. The Morgan fingerprint density at radius 3 is 2.78 bits per heavy atom. The zero-order valence-corrected chi connectivity index (χ0v) is 15.7. The molecule has 0 aliphatic carbocycles. The number of nitrogens with zero attached hydrogens (tertiary/aromatic N) is 4. The number of hydrogen-bond donors (Lipinski definition) is 1. The average Bonchev–Trinajstić information content (AvgIpc) is 3.10. The standard InChI is InChI=1S/C18H16FN5O2S/c1-9-4-5-13(12(19)6-9)20-15(25)8-23-10(2)7-14-16(23)17(26)24-18(21-14)27-11(3)22-24/h4-7H,8H2,1-3H3,(H,20,25). The molecule has 0 atom stereocenters. The van der Waals surface area contributed by atoms with Crippen molar-refractivity contribution in [2.45, 2.75) is 27.3 Å². The number of benzene rings is 1. The number of anilines is 1. The van der Waals surface area contributed by atoms with Gasteiger partial charge in [0, 0.05) is 5.69 Å². The number of aromatic nitrogens is 4. The number of aryl methyl sites for hydroxylation is 3. The highest BCUT2D eigenvalue weighted by atomic mass is 32.1. The summed E-state index contributed by atoms with van der Waals surface area (Å²) in [6.07, 6.45) is 0. The minimum Gasteiger partial charge on any atom is -0.330 e. The first kappa shape index (κ1) is 17.3. The fourth-order valence-electron chi connectivity index (χ4n) is 3.01. The van der Waals surface area contributed by atoms with Gasteiger partial charge < -0.3 is 9.88 Å². The van der Waals surface area contributed by atoms with E-state index in [1.807, 2.05) is 0 Å². The Labute approximate surface area is 157 Å². The Morgan fingerprint density at radius 1 is 1.26 bits per heavy atom. The Morgan fingerprint density at radius 2 is 2.04 bits per heavy atom. The van der Waals surface area contributed by atoms with Gasteiger partial charge in [-0.3, -0.25) is 9.59 Å². The summed E-state index contributed by atoms with van der Waals surface area (Å²) >= 11 is 1.33. The van der Waals surface area contributed by atoms with Crippen molar-refractivity contribution in [3.63, 3.8) is 0 Å². The summed E-state index contributed by atoms with van der Waals surface area (Å²) in [4.78, 5) is 30.2. The van der Waals surface area contributed by atoms with E-state index in [4.69, 9.17) is 0 Å². The zero-order valence-electron chi connectivity index (χ0n) is 14.9. The van der Waals surface area contributed by atoms with Crippen LogP contribution in [0.4, 0.5) is 10.1 Å². The number of carbonyl (C=O) groups excluding carboxylic acids is 1. The number of carbonyl (C=O) groups is 1. The molecule has 1 aromatic carbocycles. The molecule has 7 nitrogen and oxygen atoms in total. The van der Waals surface area contributed by atoms with Gasteiger partial charge in [0.15, 0.2) is 0 Å². The second-order valence-electron chi connectivity index (χ2n) is 6.37. The zero-order chi connectivity index (χ0) is 19.3. The van der Waals surface area contributed by atoms with Crippen LogP contribution < -0.4 is 10.9 Å². The molecule has 0 saturated carbocycles. The van der Waals surface area contributed by atoms with E-state index in [2.05, 4.69) is 15.4 Å². The Bertz CT molecular complexity index is 1270. The van der Waals surface area contributed by atoms with Gasteiger partial charge >= 0.3 is 0 Å². The highest BCUT2D eigenvalue weighted by molar-refractivity contribution is 7.16. The molecule has 0 fully saturated rings. The van der Waals surface area contributed by atoms with E-state index in [9.17, 15) is 14.0 Å². The highest BCUT2D eigenvalue weighted by Gasteiger charge is 2.18. The lowest BCUT2D eigenvalue weighted by Crippen LogP contribution is -2.24. The van der Waals surface area contributed by atoms with Crippen LogP contribution in [0.2, 0.25) is 0 Å². The van der Waals surface area contributed by atoms with Crippen molar-refractivity contribution in [2.75, 3.05) is 5.32 Å². The van der Waals surface area contributed by atoms with E-state index >= 15 is 0 Å². The van der Waals surface area contributed by atoms with Crippen LogP contribution in [0, 0.1) is 26.6 Å². The second kappa shape index (κ2) is 6.27. The molecule has 27 heavy (non-hydrogen) atoms. The molecule has 0 aliphatic heterocycles. The van der Waals surface area contributed by atoms with Crippen molar-refractivity contribution in [2.24, 2.45) is 0 Å². The third kappa shape index (κ3) is 2.99. The summed E-state index contributed by atoms with van der Waals surface area (Å²) in [5, 5.41) is 7.45. The number of amides is 1. The van der Waals surface area contributed by atoms with Crippen LogP contribution in [0.3, 0.4) is 0 Å². The third-order valence-corrected chi connectivity index (χ3v) is 5.08.